The average molecular weight is 322 g/mol. The summed E-state index contributed by atoms with van der Waals surface area (Å²) in [5.74, 6) is 1.09. The zero-order chi connectivity index (χ0) is 15.1. The normalized spacial score (nSPS) is 10.6. The lowest BCUT2D eigenvalue weighted by molar-refractivity contribution is 0.860. The summed E-state index contributed by atoms with van der Waals surface area (Å²) < 4.78 is 0. The molecule has 3 nitrogen and oxygen atoms in total. The second-order valence-electron chi connectivity index (χ2n) is 4.56. The Bertz CT molecular complexity index is 550. The zero-order valence-electron chi connectivity index (χ0n) is 12.9. The molecule has 0 aliphatic carbocycles. The quantitative estimate of drug-likeness (QED) is 0.713. The first kappa shape index (κ1) is 16.2. The summed E-state index contributed by atoms with van der Waals surface area (Å²) in [6.45, 7) is 9.36. The van der Waals surface area contributed by atoms with Crippen LogP contribution in [-0.4, -0.2) is 23.8 Å². The largest absolute Gasteiger partial charge is 0.379 e. The van der Waals surface area contributed by atoms with Crippen LogP contribution < -0.4 is 10.2 Å². The van der Waals surface area contributed by atoms with Gasteiger partial charge >= 0.3 is 0 Å². The van der Waals surface area contributed by atoms with Gasteiger partial charge in [-0.05, 0) is 31.7 Å². The summed E-state index contributed by atoms with van der Waals surface area (Å²) >= 11 is 3.65. The van der Waals surface area contributed by atoms with Crippen molar-refractivity contribution >= 4 is 33.9 Å². The topological polar surface area (TPSA) is 28.2 Å². The van der Waals surface area contributed by atoms with Gasteiger partial charge in [-0.2, -0.15) is 0 Å². The minimum Gasteiger partial charge on any atom is -0.379 e. The van der Waals surface area contributed by atoms with Crippen LogP contribution in [0, 0.1) is 0 Å². The summed E-state index contributed by atoms with van der Waals surface area (Å²) in [4.78, 5) is 9.40. The van der Waals surface area contributed by atoms with E-state index in [1.54, 1.807) is 11.3 Å². The van der Waals surface area contributed by atoms with Crippen LogP contribution >= 0.6 is 23.1 Å². The van der Waals surface area contributed by atoms with Crippen LogP contribution in [0.25, 0.3) is 0 Å². The minimum absolute atomic E-state index is 0.834. The monoisotopic (exact) mass is 321 g/mol. The molecular weight excluding hydrogens is 298 g/mol. The molecule has 21 heavy (non-hydrogen) atoms. The molecular formula is C16H23N3S2. The molecule has 0 atom stereocenters. The third kappa shape index (κ3) is 4.38. The predicted octanol–water partition coefficient (Wildman–Crippen LogP) is 4.71. The molecule has 0 unspecified atom stereocenters. The molecule has 0 fully saturated rings. The molecule has 0 radical (unpaired) electrons. The van der Waals surface area contributed by atoms with Gasteiger partial charge in [-0.15, -0.1) is 23.1 Å². The third-order valence-corrected chi connectivity index (χ3v) is 5.23. The van der Waals surface area contributed by atoms with Gasteiger partial charge in [-0.25, -0.2) is 4.98 Å². The molecule has 0 saturated heterocycles. The smallest absolute Gasteiger partial charge is 0.185 e. The number of thiazole rings is 1. The average Bonchev–Trinajstić information content (AvgIpc) is 2.97. The van der Waals surface area contributed by atoms with Gasteiger partial charge in [-0.3, -0.25) is 0 Å². The van der Waals surface area contributed by atoms with E-state index in [-0.39, 0.29) is 0 Å². The number of nitrogens with zero attached hydrogens (tertiary/aromatic N) is 2. The van der Waals surface area contributed by atoms with Gasteiger partial charge in [0.15, 0.2) is 5.13 Å². The molecule has 0 aliphatic heterocycles. The highest BCUT2D eigenvalue weighted by Gasteiger charge is 2.08. The van der Waals surface area contributed by atoms with E-state index in [9.17, 15) is 0 Å². The van der Waals surface area contributed by atoms with E-state index in [0.29, 0.717) is 0 Å². The molecule has 5 heteroatoms. The Labute approximate surface area is 135 Å². The van der Waals surface area contributed by atoms with Crippen LogP contribution in [0.15, 0.2) is 35.4 Å². The maximum Gasteiger partial charge on any atom is 0.185 e. The highest BCUT2D eigenvalue weighted by atomic mass is 32.2. The van der Waals surface area contributed by atoms with Gasteiger partial charge < -0.3 is 10.2 Å². The molecule has 1 N–H and O–H groups in total. The molecule has 1 heterocycles. The van der Waals surface area contributed by atoms with Crippen LogP contribution in [-0.2, 0) is 6.54 Å². The van der Waals surface area contributed by atoms with E-state index >= 15 is 0 Å². The van der Waals surface area contributed by atoms with Crippen LogP contribution in [0.5, 0.6) is 0 Å². The lowest BCUT2D eigenvalue weighted by atomic mass is 10.3. The molecule has 2 rings (SSSR count). The Balaban J connectivity index is 2.00. The summed E-state index contributed by atoms with van der Waals surface area (Å²) in [5.41, 5.74) is 1.21. The fourth-order valence-electron chi connectivity index (χ4n) is 2.10. The number of aromatic nitrogens is 1. The molecule has 1 aromatic carbocycles. The Morgan fingerprint density at radius 2 is 1.95 bits per heavy atom. The number of para-hydroxylation sites is 1. The van der Waals surface area contributed by atoms with Crippen molar-refractivity contribution in [2.75, 3.05) is 29.1 Å². The van der Waals surface area contributed by atoms with E-state index in [1.165, 1.54) is 15.5 Å². The molecule has 0 spiro atoms. The van der Waals surface area contributed by atoms with Gasteiger partial charge in [0.2, 0.25) is 0 Å². The highest BCUT2D eigenvalue weighted by molar-refractivity contribution is 7.99. The summed E-state index contributed by atoms with van der Waals surface area (Å²) in [6.07, 6.45) is 1.99. The summed E-state index contributed by atoms with van der Waals surface area (Å²) in [5, 5.41) is 4.65. The van der Waals surface area contributed by atoms with Crippen LogP contribution in [0.3, 0.4) is 0 Å². The summed E-state index contributed by atoms with van der Waals surface area (Å²) in [6, 6.07) is 8.49. The van der Waals surface area contributed by atoms with Crippen molar-refractivity contribution < 1.29 is 0 Å². The zero-order valence-corrected chi connectivity index (χ0v) is 14.6. The number of hydrogen-bond acceptors (Lipinski definition) is 5. The minimum atomic E-state index is 0.834. The van der Waals surface area contributed by atoms with E-state index in [2.05, 4.69) is 60.2 Å². The molecule has 0 amide bonds. The van der Waals surface area contributed by atoms with E-state index < -0.39 is 0 Å². The number of nitrogens with one attached hydrogen (secondary N) is 1. The number of thioether (sulfide) groups is 1. The molecule has 0 saturated carbocycles. The fraction of sp³-hybridized carbons (Fsp3) is 0.438. The second-order valence-corrected chi connectivity index (χ2v) is 6.96. The Kier molecular flexibility index (Phi) is 6.39. The number of hydrogen-bond donors (Lipinski definition) is 1. The van der Waals surface area contributed by atoms with Gasteiger partial charge in [0.1, 0.15) is 0 Å². The number of anilines is 2. The molecule has 0 aliphatic rings. The maximum atomic E-state index is 4.53. The van der Waals surface area contributed by atoms with Gasteiger partial charge in [0.05, 0.1) is 6.54 Å². The van der Waals surface area contributed by atoms with Crippen molar-refractivity contribution in [3.8, 4) is 0 Å². The van der Waals surface area contributed by atoms with E-state index in [4.69, 9.17) is 0 Å². The molecule has 114 valence electrons. The van der Waals surface area contributed by atoms with Crippen LogP contribution in [0.2, 0.25) is 0 Å². The SMILES string of the molecule is CCSc1ccccc1NCc1cnc(N(CC)CC)s1. The predicted molar refractivity (Wildman–Crippen MR) is 95.8 cm³/mol. The Morgan fingerprint density at radius 1 is 1.19 bits per heavy atom. The van der Waals surface area contributed by atoms with Crippen molar-refractivity contribution in [2.24, 2.45) is 0 Å². The molecule has 0 bridgehead atoms. The number of rotatable bonds is 8. The Morgan fingerprint density at radius 3 is 2.67 bits per heavy atom. The van der Waals surface area contributed by atoms with Gasteiger partial charge in [0, 0.05) is 34.7 Å². The first-order valence-corrected chi connectivity index (χ1v) is 9.24. The third-order valence-electron chi connectivity index (χ3n) is 3.22. The van der Waals surface area contributed by atoms with Crippen molar-refractivity contribution in [3.63, 3.8) is 0 Å². The lowest BCUT2D eigenvalue weighted by Gasteiger charge is -2.16. The van der Waals surface area contributed by atoms with Crippen molar-refractivity contribution in [1.82, 2.24) is 4.98 Å². The lowest BCUT2D eigenvalue weighted by Crippen LogP contribution is -2.21. The second kappa shape index (κ2) is 8.29. The van der Waals surface area contributed by atoms with Crippen molar-refractivity contribution in [3.05, 3.63) is 35.3 Å². The highest BCUT2D eigenvalue weighted by Crippen LogP contribution is 2.28. The van der Waals surface area contributed by atoms with Crippen LogP contribution in [0.1, 0.15) is 25.6 Å². The standard InChI is InChI=1S/C16H23N3S2/c1-4-19(5-2)16-18-12-13(21-16)11-17-14-9-7-8-10-15(14)20-6-3/h7-10,12,17H,4-6,11H2,1-3H3. The fourth-order valence-corrected chi connectivity index (χ4v) is 3.85. The van der Waals surface area contributed by atoms with E-state index in [1.807, 2.05) is 18.0 Å². The first-order chi connectivity index (χ1) is 10.3. The summed E-state index contributed by atoms with van der Waals surface area (Å²) in [7, 11) is 0. The maximum absolute atomic E-state index is 4.53. The van der Waals surface area contributed by atoms with Crippen molar-refractivity contribution in [2.45, 2.75) is 32.2 Å². The Hall–Kier alpha value is -1.20. The van der Waals surface area contributed by atoms with E-state index in [0.717, 1.165) is 30.5 Å². The van der Waals surface area contributed by atoms with Gasteiger partial charge in [0.25, 0.3) is 0 Å². The van der Waals surface area contributed by atoms with Crippen LogP contribution in [0.4, 0.5) is 10.8 Å². The number of benzene rings is 1. The molecule has 1 aromatic heterocycles. The first-order valence-electron chi connectivity index (χ1n) is 7.43. The van der Waals surface area contributed by atoms with Gasteiger partial charge in [-0.1, -0.05) is 19.1 Å². The molecule has 2 aromatic rings. The van der Waals surface area contributed by atoms with Crippen molar-refractivity contribution in [1.29, 1.82) is 0 Å².